The molecule has 0 fully saturated rings. The highest BCUT2D eigenvalue weighted by atomic mass is 32.2. The molecule has 0 aromatic heterocycles. The lowest BCUT2D eigenvalue weighted by Gasteiger charge is -2.11. The molecule has 0 aliphatic heterocycles. The first-order chi connectivity index (χ1) is 16.4. The lowest BCUT2D eigenvalue weighted by atomic mass is 10.2. The summed E-state index contributed by atoms with van der Waals surface area (Å²) in [6.45, 7) is 1.65. The number of amides is 1. The molecule has 0 bridgehead atoms. The van der Waals surface area contributed by atoms with E-state index in [0.29, 0.717) is 23.5 Å². The lowest BCUT2D eigenvalue weighted by molar-refractivity contribution is -0.119. The third kappa shape index (κ3) is 6.99. The van der Waals surface area contributed by atoms with Gasteiger partial charge in [0.2, 0.25) is 10.0 Å². The molecule has 176 valence electrons. The van der Waals surface area contributed by atoms with Crippen LogP contribution < -0.4 is 19.6 Å². The van der Waals surface area contributed by atoms with Crippen molar-refractivity contribution in [2.24, 2.45) is 5.10 Å². The predicted molar refractivity (Wildman–Crippen MR) is 126 cm³/mol. The number of hydrogen-bond acceptors (Lipinski definition) is 7. The summed E-state index contributed by atoms with van der Waals surface area (Å²) in [4.78, 5) is 24.3. The standard InChI is InChI=1S/C24H23N3O6S/c1-2-32-22-15-18(13-14-21(22)33-24(29)19-9-5-3-6-10-19)16-25-27-23(28)17-26-34(30,31)20-11-7-4-8-12-20/h3-16,26H,2,17H2,1H3,(H,27,28). The van der Waals surface area contributed by atoms with E-state index in [4.69, 9.17) is 9.47 Å². The van der Waals surface area contributed by atoms with E-state index in [1.807, 2.05) is 0 Å². The first-order valence-electron chi connectivity index (χ1n) is 10.3. The molecular formula is C24H23N3O6S. The third-order valence-electron chi connectivity index (χ3n) is 4.36. The van der Waals surface area contributed by atoms with Gasteiger partial charge in [0.25, 0.3) is 5.91 Å². The summed E-state index contributed by atoms with van der Waals surface area (Å²) in [5.41, 5.74) is 3.22. The summed E-state index contributed by atoms with van der Waals surface area (Å²) in [5, 5.41) is 3.83. The average molecular weight is 482 g/mol. The fraction of sp³-hybridized carbons (Fsp3) is 0.125. The molecule has 3 aromatic rings. The molecule has 10 heteroatoms. The Morgan fingerprint density at radius 2 is 1.62 bits per heavy atom. The molecule has 0 aliphatic rings. The van der Waals surface area contributed by atoms with Gasteiger partial charge in [0.15, 0.2) is 11.5 Å². The number of sulfonamides is 1. The van der Waals surface area contributed by atoms with Gasteiger partial charge in [0, 0.05) is 0 Å². The number of ether oxygens (including phenoxy) is 2. The molecule has 0 heterocycles. The van der Waals surface area contributed by atoms with Crippen molar-refractivity contribution >= 4 is 28.1 Å². The van der Waals surface area contributed by atoms with Crippen LogP contribution in [0.2, 0.25) is 0 Å². The highest BCUT2D eigenvalue weighted by molar-refractivity contribution is 7.89. The summed E-state index contributed by atoms with van der Waals surface area (Å²) in [6.07, 6.45) is 1.36. The number of benzene rings is 3. The predicted octanol–water partition coefficient (Wildman–Crippen LogP) is 2.73. The summed E-state index contributed by atoms with van der Waals surface area (Å²) < 4.78 is 37.5. The fourth-order valence-corrected chi connectivity index (χ4v) is 3.76. The number of hydrogen-bond donors (Lipinski definition) is 2. The molecule has 2 N–H and O–H groups in total. The molecule has 9 nitrogen and oxygen atoms in total. The molecule has 3 aromatic carbocycles. The number of rotatable bonds is 10. The smallest absolute Gasteiger partial charge is 0.343 e. The molecular weight excluding hydrogens is 458 g/mol. The first-order valence-corrected chi connectivity index (χ1v) is 11.8. The van der Waals surface area contributed by atoms with Gasteiger partial charge in [-0.2, -0.15) is 5.10 Å². The number of nitrogens with zero attached hydrogens (tertiary/aromatic N) is 1. The first kappa shape index (κ1) is 24.6. The van der Waals surface area contributed by atoms with Crippen molar-refractivity contribution in [3.05, 3.63) is 90.0 Å². The molecule has 34 heavy (non-hydrogen) atoms. The van der Waals surface area contributed by atoms with Crippen molar-refractivity contribution in [3.63, 3.8) is 0 Å². The van der Waals surface area contributed by atoms with Crippen molar-refractivity contribution in [1.82, 2.24) is 10.1 Å². The normalized spacial score (nSPS) is 11.2. The van der Waals surface area contributed by atoms with Crippen LogP contribution in [0.15, 0.2) is 88.9 Å². The van der Waals surface area contributed by atoms with E-state index in [1.54, 1.807) is 73.7 Å². The highest BCUT2D eigenvalue weighted by Gasteiger charge is 2.15. The number of carbonyl (C=O) groups excluding carboxylic acids is 2. The van der Waals surface area contributed by atoms with Gasteiger partial charge in [0.05, 0.1) is 29.8 Å². The Labute approximate surface area is 197 Å². The van der Waals surface area contributed by atoms with Gasteiger partial charge in [-0.05, 0) is 55.0 Å². The zero-order chi connectivity index (χ0) is 24.4. The van der Waals surface area contributed by atoms with E-state index in [9.17, 15) is 18.0 Å². The Bertz CT molecular complexity index is 1260. The van der Waals surface area contributed by atoms with Crippen molar-refractivity contribution in [2.75, 3.05) is 13.2 Å². The highest BCUT2D eigenvalue weighted by Crippen LogP contribution is 2.29. The molecule has 1 amide bonds. The van der Waals surface area contributed by atoms with Crippen LogP contribution >= 0.6 is 0 Å². The van der Waals surface area contributed by atoms with E-state index in [2.05, 4.69) is 15.2 Å². The van der Waals surface area contributed by atoms with Crippen LogP contribution in [0.25, 0.3) is 0 Å². The van der Waals surface area contributed by atoms with Gasteiger partial charge in [0.1, 0.15) is 0 Å². The second kappa shape index (κ2) is 11.7. The SMILES string of the molecule is CCOc1cc(C=NNC(=O)CNS(=O)(=O)c2ccccc2)ccc1OC(=O)c1ccccc1. The van der Waals surface area contributed by atoms with Crippen LogP contribution in [0.1, 0.15) is 22.8 Å². The van der Waals surface area contributed by atoms with Crippen molar-refractivity contribution in [3.8, 4) is 11.5 Å². The largest absolute Gasteiger partial charge is 0.490 e. The van der Waals surface area contributed by atoms with E-state index in [0.717, 1.165) is 0 Å². The maximum Gasteiger partial charge on any atom is 0.343 e. The van der Waals surface area contributed by atoms with Crippen LogP contribution in [0.5, 0.6) is 11.5 Å². The fourth-order valence-electron chi connectivity index (χ4n) is 2.75. The summed E-state index contributed by atoms with van der Waals surface area (Å²) in [6, 6.07) is 21.1. The Balaban J connectivity index is 1.59. The second-order valence-corrected chi connectivity index (χ2v) is 8.59. The van der Waals surface area contributed by atoms with Crippen molar-refractivity contribution in [1.29, 1.82) is 0 Å². The maximum absolute atomic E-state index is 12.3. The molecule has 0 aliphatic carbocycles. The number of carbonyl (C=O) groups is 2. The zero-order valence-electron chi connectivity index (χ0n) is 18.3. The molecule has 0 unspecified atom stereocenters. The Kier molecular flexibility index (Phi) is 8.49. The van der Waals surface area contributed by atoms with Crippen LogP contribution in [0, 0.1) is 0 Å². The molecule has 0 saturated carbocycles. The van der Waals surface area contributed by atoms with Gasteiger partial charge in [-0.25, -0.2) is 23.4 Å². The Morgan fingerprint density at radius 3 is 2.29 bits per heavy atom. The van der Waals surface area contributed by atoms with E-state index < -0.39 is 28.4 Å². The molecule has 0 atom stereocenters. The summed E-state index contributed by atoms with van der Waals surface area (Å²) in [7, 11) is -3.80. The maximum atomic E-state index is 12.3. The zero-order valence-corrected chi connectivity index (χ0v) is 19.1. The molecule has 0 radical (unpaired) electrons. The van der Waals surface area contributed by atoms with Gasteiger partial charge in [-0.15, -0.1) is 0 Å². The monoisotopic (exact) mass is 481 g/mol. The lowest BCUT2D eigenvalue weighted by Crippen LogP contribution is -2.34. The van der Waals surface area contributed by atoms with Crippen molar-refractivity contribution < 1.29 is 27.5 Å². The minimum absolute atomic E-state index is 0.0582. The number of hydrazone groups is 1. The van der Waals surface area contributed by atoms with Crippen LogP contribution in [0.4, 0.5) is 0 Å². The van der Waals surface area contributed by atoms with E-state index in [1.165, 1.54) is 18.3 Å². The van der Waals surface area contributed by atoms with Gasteiger partial charge in [-0.3, -0.25) is 4.79 Å². The Morgan fingerprint density at radius 1 is 0.941 bits per heavy atom. The Hall–Kier alpha value is -4.02. The van der Waals surface area contributed by atoms with Gasteiger partial charge < -0.3 is 9.47 Å². The number of esters is 1. The quantitative estimate of drug-likeness (QED) is 0.199. The molecule has 0 saturated heterocycles. The molecule has 0 spiro atoms. The third-order valence-corrected chi connectivity index (χ3v) is 5.78. The topological polar surface area (TPSA) is 123 Å². The van der Waals surface area contributed by atoms with Crippen LogP contribution in [0.3, 0.4) is 0 Å². The van der Waals surface area contributed by atoms with Crippen molar-refractivity contribution in [2.45, 2.75) is 11.8 Å². The van der Waals surface area contributed by atoms with E-state index in [-0.39, 0.29) is 10.6 Å². The van der Waals surface area contributed by atoms with Crippen LogP contribution in [-0.2, 0) is 14.8 Å². The van der Waals surface area contributed by atoms with E-state index >= 15 is 0 Å². The number of nitrogens with one attached hydrogen (secondary N) is 2. The summed E-state index contributed by atoms with van der Waals surface area (Å²) >= 11 is 0. The minimum Gasteiger partial charge on any atom is -0.490 e. The average Bonchev–Trinajstić information content (AvgIpc) is 2.85. The second-order valence-electron chi connectivity index (χ2n) is 6.83. The summed E-state index contributed by atoms with van der Waals surface area (Å²) in [5.74, 6) is -0.590. The van der Waals surface area contributed by atoms with Gasteiger partial charge in [-0.1, -0.05) is 36.4 Å². The molecule has 3 rings (SSSR count). The van der Waals surface area contributed by atoms with Gasteiger partial charge >= 0.3 is 5.97 Å². The van der Waals surface area contributed by atoms with Crippen LogP contribution in [-0.4, -0.2) is 39.7 Å². The minimum atomic E-state index is -3.80.